The third kappa shape index (κ3) is 7.63. The maximum atomic E-state index is 10.5. The molecule has 0 fully saturated rings. The Labute approximate surface area is 78.6 Å². The van der Waals surface area contributed by atoms with Crippen LogP contribution in [0.4, 0.5) is 0 Å². The minimum Gasteiger partial charge on any atom is -0.369 e. The number of hydrogen-bond acceptors (Lipinski definition) is 4. The molecule has 4 heteroatoms. The van der Waals surface area contributed by atoms with Crippen LogP contribution in [0.15, 0.2) is 0 Å². The van der Waals surface area contributed by atoms with Crippen molar-refractivity contribution < 1.29 is 9.63 Å². The molecule has 0 aliphatic heterocycles. The molecule has 70 valence electrons. The minimum atomic E-state index is -0.271. The van der Waals surface area contributed by atoms with Gasteiger partial charge in [0.15, 0.2) is 0 Å². The number of rotatable bonds is 6. The summed E-state index contributed by atoms with van der Waals surface area (Å²) >= 11 is 4.68. The van der Waals surface area contributed by atoms with Gasteiger partial charge >= 0.3 is 5.97 Å². The summed E-state index contributed by atoms with van der Waals surface area (Å²) in [5.41, 5.74) is 0. The highest BCUT2D eigenvalue weighted by Gasteiger charge is 2.00. The van der Waals surface area contributed by atoms with Crippen molar-refractivity contribution in [1.29, 1.82) is 0 Å². The summed E-state index contributed by atoms with van der Waals surface area (Å²) in [5.74, 6) is -0.271. The van der Waals surface area contributed by atoms with E-state index in [1.54, 1.807) is 17.5 Å². The maximum absolute atomic E-state index is 10.5. The second kappa shape index (κ2) is 7.18. The summed E-state index contributed by atoms with van der Waals surface area (Å²) < 4.78 is 0. The van der Waals surface area contributed by atoms with Crippen LogP contribution in [0.5, 0.6) is 0 Å². The molecule has 0 heterocycles. The van der Waals surface area contributed by atoms with E-state index < -0.39 is 0 Å². The summed E-state index contributed by atoms with van der Waals surface area (Å²) in [6.07, 6.45) is 3.00. The van der Waals surface area contributed by atoms with Crippen molar-refractivity contribution >= 4 is 23.6 Å². The van der Waals surface area contributed by atoms with Gasteiger partial charge in [0.1, 0.15) is 0 Å². The molecule has 0 amide bonds. The van der Waals surface area contributed by atoms with Gasteiger partial charge in [-0.05, 0) is 24.6 Å². The summed E-state index contributed by atoms with van der Waals surface area (Å²) in [4.78, 5) is 15.2. The Hall–Kier alpha value is -0.480. The highest BCUT2D eigenvalue weighted by molar-refractivity contribution is 7.78. The molecule has 0 bridgehead atoms. The van der Waals surface area contributed by atoms with Crippen molar-refractivity contribution in [2.45, 2.75) is 26.2 Å². The molecule has 0 radical (unpaired) electrons. The van der Waals surface area contributed by atoms with E-state index in [2.05, 4.69) is 12.2 Å². The molecule has 0 aromatic rings. The molecule has 0 saturated heterocycles. The van der Waals surface area contributed by atoms with E-state index in [4.69, 9.17) is 4.84 Å². The van der Waals surface area contributed by atoms with Crippen molar-refractivity contribution in [2.75, 3.05) is 13.6 Å². The lowest BCUT2D eigenvalue weighted by Crippen LogP contribution is -2.22. The van der Waals surface area contributed by atoms with Crippen molar-refractivity contribution in [3.8, 4) is 0 Å². The normalized spacial score (nSPS) is 9.92. The average molecular weight is 189 g/mol. The molecule has 3 nitrogen and oxygen atoms in total. The second-order valence-electron chi connectivity index (χ2n) is 2.60. The molecule has 0 aliphatic rings. The van der Waals surface area contributed by atoms with E-state index in [1.165, 1.54) is 6.92 Å². The monoisotopic (exact) mass is 189 g/mol. The fraction of sp³-hybridized carbons (Fsp3) is 0.750. The zero-order chi connectivity index (χ0) is 9.40. The molecule has 0 saturated carbocycles. The molecule has 0 atom stereocenters. The summed E-state index contributed by atoms with van der Waals surface area (Å²) in [6.45, 7) is 2.16. The number of hydroxylamine groups is 2. The topological polar surface area (TPSA) is 29.5 Å². The fourth-order valence-corrected chi connectivity index (χ4v) is 0.994. The van der Waals surface area contributed by atoms with Crippen molar-refractivity contribution in [1.82, 2.24) is 5.06 Å². The summed E-state index contributed by atoms with van der Waals surface area (Å²) in [5, 5.41) is 3.28. The first-order chi connectivity index (χ1) is 5.66. The van der Waals surface area contributed by atoms with E-state index in [9.17, 15) is 4.79 Å². The molecular weight excluding hydrogens is 174 g/mol. The Kier molecular flexibility index (Phi) is 6.90. The molecule has 0 unspecified atom stereocenters. The molecule has 0 aromatic heterocycles. The van der Waals surface area contributed by atoms with Crippen molar-refractivity contribution in [3.63, 3.8) is 0 Å². The van der Waals surface area contributed by atoms with Gasteiger partial charge in [0.25, 0.3) is 0 Å². The van der Waals surface area contributed by atoms with Gasteiger partial charge < -0.3 is 4.84 Å². The van der Waals surface area contributed by atoms with Gasteiger partial charge in [0.05, 0.1) is 0 Å². The average Bonchev–Trinajstić information content (AvgIpc) is 1.97. The van der Waals surface area contributed by atoms with E-state index in [0.29, 0.717) is 0 Å². The third-order valence-electron chi connectivity index (χ3n) is 1.33. The van der Waals surface area contributed by atoms with Gasteiger partial charge in [-0.25, -0.2) is 0 Å². The lowest BCUT2D eigenvalue weighted by atomic mass is 10.2. The Morgan fingerprint density at radius 2 is 2.25 bits per heavy atom. The fourth-order valence-electron chi connectivity index (χ4n) is 0.827. The van der Waals surface area contributed by atoms with Gasteiger partial charge in [-0.3, -0.25) is 4.79 Å². The van der Waals surface area contributed by atoms with Gasteiger partial charge in [-0.15, -0.1) is 5.06 Å². The first kappa shape index (κ1) is 11.5. The smallest absolute Gasteiger partial charge is 0.322 e. The highest BCUT2D eigenvalue weighted by Crippen LogP contribution is 1.96. The minimum absolute atomic E-state index is 0.271. The Morgan fingerprint density at radius 3 is 2.75 bits per heavy atom. The van der Waals surface area contributed by atoms with Crippen LogP contribution in [0.2, 0.25) is 0 Å². The van der Waals surface area contributed by atoms with Crippen LogP contribution in [0.25, 0.3) is 0 Å². The molecule has 0 spiro atoms. The van der Waals surface area contributed by atoms with E-state index in [0.717, 1.165) is 25.8 Å². The summed E-state index contributed by atoms with van der Waals surface area (Å²) in [6, 6.07) is 0. The zero-order valence-corrected chi connectivity index (χ0v) is 8.39. The second-order valence-corrected chi connectivity index (χ2v) is 2.93. The molecule has 12 heavy (non-hydrogen) atoms. The number of hydrogen-bond donors (Lipinski definition) is 0. The van der Waals surface area contributed by atoms with Crippen LogP contribution >= 0.6 is 12.2 Å². The van der Waals surface area contributed by atoms with E-state index in [-0.39, 0.29) is 5.97 Å². The zero-order valence-electron chi connectivity index (χ0n) is 7.58. The Bertz CT molecular complexity index is 150. The first-order valence-electron chi connectivity index (χ1n) is 4.00. The lowest BCUT2D eigenvalue weighted by Gasteiger charge is -2.13. The van der Waals surface area contributed by atoms with Crippen molar-refractivity contribution in [3.05, 3.63) is 0 Å². The van der Waals surface area contributed by atoms with Crippen molar-refractivity contribution in [2.24, 2.45) is 0 Å². The predicted molar refractivity (Wildman–Crippen MR) is 51.9 cm³/mol. The van der Waals surface area contributed by atoms with Crippen LogP contribution in [-0.4, -0.2) is 30.0 Å². The lowest BCUT2D eigenvalue weighted by molar-refractivity contribution is -0.181. The Balaban J connectivity index is 3.24. The van der Waals surface area contributed by atoms with Gasteiger partial charge in [-0.2, -0.15) is 0 Å². The van der Waals surface area contributed by atoms with Crippen LogP contribution in [-0.2, 0) is 9.63 Å². The predicted octanol–water partition coefficient (Wildman–Crippen LogP) is 1.57. The van der Waals surface area contributed by atoms with Crippen LogP contribution in [0.3, 0.4) is 0 Å². The molecule has 0 rings (SSSR count). The van der Waals surface area contributed by atoms with Crippen LogP contribution in [0, 0.1) is 0 Å². The standard InChI is InChI=1S/C8H15NO2S/c1-8(10)11-9(2)6-4-3-5-7-12/h7H,3-6H2,1-2H3. The van der Waals surface area contributed by atoms with Crippen LogP contribution < -0.4 is 0 Å². The first-order valence-corrected chi connectivity index (χ1v) is 4.47. The number of unbranched alkanes of at least 4 members (excludes halogenated alkanes) is 2. The van der Waals surface area contributed by atoms with Gasteiger partial charge in [-0.1, -0.05) is 12.2 Å². The SMILES string of the molecule is CC(=O)ON(C)CCCCC=S. The number of carbonyl (C=O) groups excluding carboxylic acids is 1. The number of nitrogens with zero attached hydrogens (tertiary/aromatic N) is 1. The van der Waals surface area contributed by atoms with Gasteiger partial charge in [0.2, 0.25) is 0 Å². The molecule has 0 aliphatic carbocycles. The molecule has 0 aromatic carbocycles. The number of thiocarbonyl (C=S) groups is 1. The van der Waals surface area contributed by atoms with E-state index in [1.807, 2.05) is 0 Å². The highest BCUT2D eigenvalue weighted by atomic mass is 32.1. The maximum Gasteiger partial charge on any atom is 0.322 e. The molecule has 0 N–H and O–H groups in total. The number of carbonyl (C=O) groups is 1. The van der Waals surface area contributed by atoms with Gasteiger partial charge in [0, 0.05) is 20.5 Å². The summed E-state index contributed by atoms with van der Waals surface area (Å²) in [7, 11) is 1.75. The van der Waals surface area contributed by atoms with Crippen LogP contribution in [0.1, 0.15) is 26.2 Å². The Morgan fingerprint density at radius 1 is 1.58 bits per heavy atom. The largest absolute Gasteiger partial charge is 0.369 e. The van der Waals surface area contributed by atoms with E-state index >= 15 is 0 Å². The third-order valence-corrected chi connectivity index (χ3v) is 1.57. The quantitative estimate of drug-likeness (QED) is 0.360. The molecular formula is C8H15NO2S.